The lowest BCUT2D eigenvalue weighted by molar-refractivity contribution is 1.18. The lowest BCUT2D eigenvalue weighted by Crippen LogP contribution is -1.94. The standard InChI is InChI=1S/C18H19/c1-4-7-14-10-16(9-6-3)18-13-15(8-5-2)12-17(18)11-14/h4-6,10-13H,1-3,7-9H2. The molecule has 18 heavy (non-hydrogen) atoms. The molecule has 1 radical (unpaired) electrons. The van der Waals surface area contributed by atoms with Crippen LogP contribution in [-0.2, 0) is 12.8 Å². The minimum Gasteiger partial charge on any atom is -0.103 e. The fourth-order valence-corrected chi connectivity index (χ4v) is 2.42. The average Bonchev–Trinajstić information content (AvgIpc) is 2.73. The molecule has 0 saturated heterocycles. The number of allylic oxidation sites excluding steroid dienone is 4. The Balaban J connectivity index is 2.40. The van der Waals surface area contributed by atoms with Crippen LogP contribution >= 0.6 is 0 Å². The number of benzene rings is 1. The molecule has 0 amide bonds. The van der Waals surface area contributed by atoms with Gasteiger partial charge in [0.05, 0.1) is 0 Å². The SMILES string of the molecule is C=CCC1=Cc2c(cc(CC=C)cc2CC=C)[CH]1. The number of rotatable bonds is 6. The second-order valence-electron chi connectivity index (χ2n) is 4.60. The number of hydrogen-bond donors (Lipinski definition) is 0. The van der Waals surface area contributed by atoms with Crippen LogP contribution in [0.15, 0.2) is 55.7 Å². The van der Waals surface area contributed by atoms with Crippen molar-refractivity contribution in [1.82, 2.24) is 0 Å². The summed E-state index contributed by atoms with van der Waals surface area (Å²) in [6, 6.07) is 4.53. The highest BCUT2D eigenvalue weighted by molar-refractivity contribution is 5.72. The zero-order valence-electron chi connectivity index (χ0n) is 10.8. The zero-order chi connectivity index (χ0) is 13.0. The minimum absolute atomic E-state index is 0.916. The van der Waals surface area contributed by atoms with Gasteiger partial charge in [-0.3, -0.25) is 0 Å². The molecule has 1 aromatic carbocycles. The Kier molecular flexibility index (Phi) is 3.99. The van der Waals surface area contributed by atoms with E-state index in [1.54, 1.807) is 0 Å². The van der Waals surface area contributed by atoms with Gasteiger partial charge in [-0.1, -0.05) is 42.0 Å². The molecule has 91 valence electrons. The highest BCUT2D eigenvalue weighted by atomic mass is 14.2. The van der Waals surface area contributed by atoms with E-state index in [4.69, 9.17) is 0 Å². The highest BCUT2D eigenvalue weighted by Crippen LogP contribution is 2.33. The first-order chi connectivity index (χ1) is 8.78. The highest BCUT2D eigenvalue weighted by Gasteiger charge is 2.16. The van der Waals surface area contributed by atoms with Crippen LogP contribution in [0.1, 0.15) is 28.7 Å². The summed E-state index contributed by atoms with van der Waals surface area (Å²) in [6.45, 7) is 11.5. The van der Waals surface area contributed by atoms with Crippen molar-refractivity contribution in [2.75, 3.05) is 0 Å². The van der Waals surface area contributed by atoms with E-state index in [-0.39, 0.29) is 0 Å². The second-order valence-corrected chi connectivity index (χ2v) is 4.60. The zero-order valence-corrected chi connectivity index (χ0v) is 10.8. The van der Waals surface area contributed by atoms with Gasteiger partial charge in [0.2, 0.25) is 0 Å². The molecule has 0 N–H and O–H groups in total. The number of hydrogen-bond acceptors (Lipinski definition) is 0. The van der Waals surface area contributed by atoms with Crippen molar-refractivity contribution < 1.29 is 0 Å². The molecule has 0 heterocycles. The summed E-state index contributed by atoms with van der Waals surface area (Å²) < 4.78 is 0. The van der Waals surface area contributed by atoms with E-state index in [1.807, 2.05) is 18.2 Å². The monoisotopic (exact) mass is 235 g/mol. The van der Waals surface area contributed by atoms with Crippen LogP contribution in [0.3, 0.4) is 0 Å². The van der Waals surface area contributed by atoms with Crippen molar-refractivity contribution in [3.05, 3.63) is 84.3 Å². The van der Waals surface area contributed by atoms with Gasteiger partial charge in [-0.05, 0) is 41.5 Å². The van der Waals surface area contributed by atoms with Crippen molar-refractivity contribution >= 4 is 6.08 Å². The fourth-order valence-electron chi connectivity index (χ4n) is 2.42. The van der Waals surface area contributed by atoms with Gasteiger partial charge in [0.15, 0.2) is 0 Å². The molecule has 0 heteroatoms. The van der Waals surface area contributed by atoms with Crippen LogP contribution in [-0.4, -0.2) is 0 Å². The Morgan fingerprint density at radius 1 is 0.889 bits per heavy atom. The Hall–Kier alpha value is -1.82. The molecule has 2 rings (SSSR count). The Morgan fingerprint density at radius 3 is 2.28 bits per heavy atom. The van der Waals surface area contributed by atoms with Crippen LogP contribution < -0.4 is 0 Å². The van der Waals surface area contributed by atoms with E-state index in [1.165, 1.54) is 27.8 Å². The van der Waals surface area contributed by atoms with E-state index in [0.29, 0.717) is 0 Å². The predicted molar refractivity (Wildman–Crippen MR) is 80.4 cm³/mol. The summed E-state index contributed by atoms with van der Waals surface area (Å²) in [5, 5.41) is 0. The smallest absolute Gasteiger partial charge is 0.0167 e. The second kappa shape index (κ2) is 5.68. The maximum absolute atomic E-state index is 3.85. The van der Waals surface area contributed by atoms with Gasteiger partial charge in [-0.15, -0.1) is 19.7 Å². The van der Waals surface area contributed by atoms with Crippen molar-refractivity contribution in [2.24, 2.45) is 0 Å². The lowest BCUT2D eigenvalue weighted by Gasteiger charge is -2.09. The third kappa shape index (κ3) is 2.53. The fraction of sp³-hybridized carbons (Fsp3) is 0.167. The van der Waals surface area contributed by atoms with E-state index in [2.05, 4.69) is 44.4 Å². The first-order valence-electron chi connectivity index (χ1n) is 6.32. The summed E-state index contributed by atoms with van der Waals surface area (Å²) >= 11 is 0. The summed E-state index contributed by atoms with van der Waals surface area (Å²) in [6.07, 6.45) is 13.2. The van der Waals surface area contributed by atoms with Crippen LogP contribution in [0.5, 0.6) is 0 Å². The Bertz CT molecular complexity index is 515. The van der Waals surface area contributed by atoms with Gasteiger partial charge in [0.1, 0.15) is 0 Å². The molecule has 0 unspecified atom stereocenters. The van der Waals surface area contributed by atoms with Gasteiger partial charge >= 0.3 is 0 Å². The van der Waals surface area contributed by atoms with Crippen molar-refractivity contribution in [2.45, 2.75) is 19.3 Å². The van der Waals surface area contributed by atoms with E-state index in [0.717, 1.165) is 19.3 Å². The molecule has 0 aliphatic heterocycles. The van der Waals surface area contributed by atoms with Crippen LogP contribution in [0.25, 0.3) is 6.08 Å². The molecular formula is C18H19. The topological polar surface area (TPSA) is 0 Å². The van der Waals surface area contributed by atoms with Crippen LogP contribution in [0.4, 0.5) is 0 Å². The molecule has 0 aromatic heterocycles. The maximum atomic E-state index is 3.85. The van der Waals surface area contributed by atoms with E-state index in [9.17, 15) is 0 Å². The summed E-state index contributed by atoms with van der Waals surface area (Å²) in [5.41, 5.74) is 6.68. The predicted octanol–water partition coefficient (Wildman–Crippen LogP) is 4.67. The molecule has 0 atom stereocenters. The first kappa shape index (κ1) is 12.6. The van der Waals surface area contributed by atoms with Crippen LogP contribution in [0, 0.1) is 6.42 Å². The number of fused-ring (bicyclic) bond motifs is 1. The quantitative estimate of drug-likeness (QED) is 0.629. The van der Waals surface area contributed by atoms with Gasteiger partial charge < -0.3 is 0 Å². The molecular weight excluding hydrogens is 216 g/mol. The maximum Gasteiger partial charge on any atom is 0.0167 e. The van der Waals surface area contributed by atoms with E-state index >= 15 is 0 Å². The molecule has 0 nitrogen and oxygen atoms in total. The third-order valence-electron chi connectivity index (χ3n) is 3.15. The largest absolute Gasteiger partial charge is 0.103 e. The van der Waals surface area contributed by atoms with Gasteiger partial charge in [-0.25, -0.2) is 0 Å². The van der Waals surface area contributed by atoms with Crippen molar-refractivity contribution in [1.29, 1.82) is 0 Å². The van der Waals surface area contributed by atoms with Crippen molar-refractivity contribution in [3.8, 4) is 0 Å². The van der Waals surface area contributed by atoms with Crippen molar-refractivity contribution in [3.63, 3.8) is 0 Å². The average molecular weight is 235 g/mol. The molecule has 0 fully saturated rings. The molecule has 0 spiro atoms. The van der Waals surface area contributed by atoms with E-state index < -0.39 is 0 Å². The molecule has 1 aromatic rings. The lowest BCUT2D eigenvalue weighted by atomic mass is 9.96. The first-order valence-corrected chi connectivity index (χ1v) is 6.32. The Labute approximate surface area is 110 Å². The normalized spacial score (nSPS) is 12.8. The summed E-state index contributed by atoms with van der Waals surface area (Å²) in [5.74, 6) is 0. The molecule has 1 aliphatic rings. The Morgan fingerprint density at radius 2 is 1.61 bits per heavy atom. The molecule has 0 saturated carbocycles. The van der Waals surface area contributed by atoms with Gasteiger partial charge in [-0.2, -0.15) is 0 Å². The summed E-state index contributed by atoms with van der Waals surface area (Å²) in [4.78, 5) is 0. The molecule has 1 aliphatic carbocycles. The third-order valence-corrected chi connectivity index (χ3v) is 3.15. The van der Waals surface area contributed by atoms with Crippen LogP contribution in [0.2, 0.25) is 0 Å². The minimum atomic E-state index is 0.916. The van der Waals surface area contributed by atoms with Gasteiger partial charge in [0, 0.05) is 6.42 Å². The van der Waals surface area contributed by atoms with Gasteiger partial charge in [0.25, 0.3) is 0 Å². The summed E-state index contributed by atoms with van der Waals surface area (Å²) in [7, 11) is 0. The molecule has 0 bridgehead atoms.